The van der Waals surface area contributed by atoms with Crippen LogP contribution in [0, 0.1) is 6.92 Å². The number of aryl methyl sites for hydroxylation is 1. The highest BCUT2D eigenvalue weighted by molar-refractivity contribution is 6.76. The van der Waals surface area contributed by atoms with Crippen LogP contribution in [0.3, 0.4) is 0 Å². The summed E-state index contributed by atoms with van der Waals surface area (Å²) in [6.45, 7) is 30.3. The van der Waals surface area contributed by atoms with E-state index in [4.69, 9.17) is 28.4 Å². The third-order valence-electron chi connectivity index (χ3n) is 7.51. The van der Waals surface area contributed by atoms with Gasteiger partial charge >= 0.3 is 0 Å². The van der Waals surface area contributed by atoms with E-state index in [0.717, 1.165) is 48.0 Å². The van der Waals surface area contributed by atoms with E-state index in [1.807, 2.05) is 18.2 Å². The van der Waals surface area contributed by atoms with Gasteiger partial charge in [0.1, 0.15) is 5.75 Å². The highest BCUT2D eigenvalue weighted by Gasteiger charge is 2.15. The molecule has 0 atom stereocenters. The number of ether oxygens (including phenoxy) is 6. The molecule has 0 spiro atoms. The third-order valence-corrected chi connectivity index (χ3v) is 12.6. The number of hydrogen-bond acceptors (Lipinski definition) is 6. The Labute approximate surface area is 289 Å². The molecule has 0 N–H and O–H groups in total. The zero-order valence-electron chi connectivity index (χ0n) is 31.6. The molecule has 0 aromatic heterocycles. The monoisotopic (exact) mass is 700 g/mol. The summed E-state index contributed by atoms with van der Waals surface area (Å²) < 4.78 is 35.7. The molecule has 47 heavy (non-hydrogen) atoms. The van der Waals surface area contributed by atoms with E-state index in [1.54, 1.807) is 0 Å². The Kier molecular flexibility index (Phi) is 17.2. The molecule has 264 valence electrons. The lowest BCUT2D eigenvalue weighted by Gasteiger charge is -2.18. The van der Waals surface area contributed by atoms with Gasteiger partial charge in [0.15, 0.2) is 31.9 Å². The highest BCUT2D eigenvalue weighted by Crippen LogP contribution is 2.31. The quantitative estimate of drug-likeness (QED) is 0.0401. The second-order valence-corrected chi connectivity index (χ2v) is 33.1. The fourth-order valence-corrected chi connectivity index (χ4v) is 6.58. The maximum absolute atomic E-state index is 6.11. The van der Waals surface area contributed by atoms with Crippen LogP contribution in [0.15, 0.2) is 42.0 Å². The summed E-state index contributed by atoms with van der Waals surface area (Å²) in [5, 5.41) is 0. The van der Waals surface area contributed by atoms with Gasteiger partial charge in [-0.3, -0.25) is 0 Å². The van der Waals surface area contributed by atoms with Crippen LogP contribution in [-0.2, 0) is 20.6 Å². The predicted molar refractivity (Wildman–Crippen MR) is 208 cm³/mol. The number of allylic oxidation sites excluding steroid dienone is 2. The van der Waals surface area contributed by atoms with Crippen LogP contribution in [0.25, 0.3) is 12.2 Å². The predicted octanol–water partition coefficient (Wildman–Crippen LogP) is 10.7. The van der Waals surface area contributed by atoms with Crippen LogP contribution in [0.1, 0.15) is 36.1 Å². The Morgan fingerprint density at radius 1 is 0.617 bits per heavy atom. The smallest absolute Gasteiger partial charge is 0.189 e. The second-order valence-electron chi connectivity index (χ2n) is 16.3. The molecule has 2 rings (SSSR count). The number of rotatable bonds is 22. The van der Waals surface area contributed by atoms with Crippen molar-refractivity contribution in [1.82, 2.24) is 0 Å². The first-order chi connectivity index (χ1) is 21.9. The number of hydrogen-bond donors (Lipinski definition) is 0. The van der Waals surface area contributed by atoms with Crippen LogP contribution < -0.4 is 14.2 Å². The molecular formula is C38H64O6Si3. The van der Waals surface area contributed by atoms with E-state index in [-0.39, 0.29) is 20.4 Å². The van der Waals surface area contributed by atoms with Crippen LogP contribution >= 0.6 is 0 Å². The van der Waals surface area contributed by atoms with Crippen LogP contribution in [0.5, 0.6) is 17.2 Å². The summed E-state index contributed by atoms with van der Waals surface area (Å²) in [6, 6.07) is 13.5. The lowest BCUT2D eigenvalue weighted by molar-refractivity contribution is 0.00573. The molecule has 0 radical (unpaired) electrons. The molecule has 0 aliphatic carbocycles. The van der Waals surface area contributed by atoms with Crippen molar-refractivity contribution >= 4 is 36.4 Å². The van der Waals surface area contributed by atoms with E-state index >= 15 is 0 Å². The van der Waals surface area contributed by atoms with Crippen molar-refractivity contribution in [2.75, 3.05) is 40.2 Å². The molecule has 0 aliphatic rings. The molecule has 9 heteroatoms. The second kappa shape index (κ2) is 19.7. The Balaban J connectivity index is 2.25. The molecule has 0 amide bonds. The van der Waals surface area contributed by atoms with Crippen molar-refractivity contribution in [1.29, 1.82) is 0 Å². The van der Waals surface area contributed by atoms with Crippen LogP contribution in [0.2, 0.25) is 77.1 Å². The molecule has 2 aromatic rings. The van der Waals surface area contributed by atoms with E-state index < -0.39 is 24.2 Å². The Hall–Kier alpha value is -2.15. The Morgan fingerprint density at radius 3 is 1.64 bits per heavy atom. The summed E-state index contributed by atoms with van der Waals surface area (Å²) in [5.41, 5.74) is 5.88. The number of benzene rings is 2. The molecule has 0 saturated heterocycles. The lowest BCUT2D eigenvalue weighted by atomic mass is 9.96. The topological polar surface area (TPSA) is 55.4 Å². The minimum absolute atomic E-state index is 0.177. The summed E-state index contributed by atoms with van der Waals surface area (Å²) in [7, 11) is -3.48. The van der Waals surface area contributed by atoms with Gasteiger partial charge in [-0.05, 0) is 91.8 Å². The minimum atomic E-state index is -1.18. The molecule has 0 saturated carbocycles. The first-order valence-corrected chi connectivity index (χ1v) is 28.2. The molecule has 2 aromatic carbocycles. The maximum atomic E-state index is 6.11. The summed E-state index contributed by atoms with van der Waals surface area (Å²) >= 11 is 0. The standard InChI is InChI=1S/C38H64O6Si3/c1-31(2)13-17-36-32(3)25-35(42-28-39-19-22-45(4,5)6)27-34(36)16-14-33-15-18-37(43-29-40-20-23-46(7,8)9)38(26-33)44-30-41-21-24-47(10,11)12/h13-16,18,25-27H,17,19-24,28-30H2,1-12H3/b16-14+. The normalized spacial score (nSPS) is 12.4. The molecule has 0 fully saturated rings. The van der Waals surface area contributed by atoms with Crippen LogP contribution in [0.4, 0.5) is 0 Å². The fourth-order valence-electron chi connectivity index (χ4n) is 4.31. The van der Waals surface area contributed by atoms with Crippen molar-refractivity contribution in [3.63, 3.8) is 0 Å². The lowest BCUT2D eigenvalue weighted by Crippen LogP contribution is -2.22. The first kappa shape index (κ1) is 41.0. The van der Waals surface area contributed by atoms with E-state index in [9.17, 15) is 0 Å². The van der Waals surface area contributed by atoms with Gasteiger partial charge in [-0.1, -0.05) is 88.8 Å². The van der Waals surface area contributed by atoms with Gasteiger partial charge in [-0.2, -0.15) is 0 Å². The molecule has 0 unspecified atom stereocenters. The summed E-state index contributed by atoms with van der Waals surface area (Å²) in [6.07, 6.45) is 7.39. The molecule has 0 bridgehead atoms. The average Bonchev–Trinajstić information content (AvgIpc) is 2.93. The van der Waals surface area contributed by atoms with Gasteiger partial charge in [-0.15, -0.1) is 0 Å². The van der Waals surface area contributed by atoms with E-state index in [1.165, 1.54) is 16.7 Å². The van der Waals surface area contributed by atoms with Crippen molar-refractivity contribution in [2.24, 2.45) is 0 Å². The van der Waals surface area contributed by atoms with Gasteiger partial charge in [0.25, 0.3) is 0 Å². The minimum Gasteiger partial charge on any atom is -0.468 e. The third kappa shape index (κ3) is 18.8. The molecule has 0 heterocycles. The van der Waals surface area contributed by atoms with Gasteiger partial charge in [0, 0.05) is 44.0 Å². The van der Waals surface area contributed by atoms with E-state index in [2.05, 4.69) is 110 Å². The molecular weight excluding hydrogens is 637 g/mol. The average molecular weight is 701 g/mol. The molecule has 6 nitrogen and oxygen atoms in total. The first-order valence-electron chi connectivity index (χ1n) is 17.1. The van der Waals surface area contributed by atoms with Gasteiger partial charge in [0.2, 0.25) is 0 Å². The van der Waals surface area contributed by atoms with Crippen molar-refractivity contribution in [3.8, 4) is 17.2 Å². The summed E-state index contributed by atoms with van der Waals surface area (Å²) in [4.78, 5) is 0. The largest absolute Gasteiger partial charge is 0.468 e. The van der Waals surface area contributed by atoms with Gasteiger partial charge in [-0.25, -0.2) is 0 Å². The zero-order chi connectivity index (χ0) is 35.1. The highest BCUT2D eigenvalue weighted by atomic mass is 28.3. The van der Waals surface area contributed by atoms with Crippen molar-refractivity contribution < 1.29 is 28.4 Å². The maximum Gasteiger partial charge on any atom is 0.189 e. The molecule has 0 aliphatic heterocycles. The Bertz CT molecular complexity index is 1280. The van der Waals surface area contributed by atoms with Crippen molar-refractivity contribution in [3.05, 3.63) is 64.2 Å². The van der Waals surface area contributed by atoms with Crippen molar-refractivity contribution in [2.45, 2.75) is 104 Å². The van der Waals surface area contributed by atoms with Gasteiger partial charge < -0.3 is 28.4 Å². The SMILES string of the molecule is CC(C)=CCc1c(C)cc(OCOCC[Si](C)(C)C)cc1/C=C/c1ccc(OCOCC[Si](C)(C)C)c(OCOCC[Si](C)(C)C)c1. The zero-order valence-corrected chi connectivity index (χ0v) is 34.6. The summed E-state index contributed by atoms with van der Waals surface area (Å²) in [5.74, 6) is 2.10. The van der Waals surface area contributed by atoms with Crippen LogP contribution in [-0.4, -0.2) is 64.4 Å². The van der Waals surface area contributed by atoms with E-state index in [0.29, 0.717) is 24.7 Å². The fraction of sp³-hybridized carbons (Fsp3) is 0.579. The van der Waals surface area contributed by atoms with Gasteiger partial charge in [0.05, 0.1) is 0 Å². The Morgan fingerprint density at radius 2 is 1.13 bits per heavy atom.